The molecule has 0 saturated carbocycles. The molecule has 0 aliphatic heterocycles. The average molecular weight is 435 g/mol. The van der Waals surface area contributed by atoms with Gasteiger partial charge in [-0.15, -0.1) is 0 Å². The third-order valence-corrected chi connectivity index (χ3v) is 5.11. The van der Waals surface area contributed by atoms with Crippen LogP contribution in [-0.2, 0) is 0 Å². The van der Waals surface area contributed by atoms with Gasteiger partial charge in [0, 0.05) is 18.4 Å². The third-order valence-electron chi connectivity index (χ3n) is 5.11. The lowest BCUT2D eigenvalue weighted by atomic mass is 10.1. The Hall–Kier alpha value is -2.24. The zero-order valence-corrected chi connectivity index (χ0v) is 18.9. The maximum Gasteiger partial charge on any atom is 0.159 e. The summed E-state index contributed by atoms with van der Waals surface area (Å²) in [5.41, 5.74) is 0.851. The van der Waals surface area contributed by atoms with Gasteiger partial charge in [-0.25, -0.2) is 18.7 Å². The first-order valence-electron chi connectivity index (χ1n) is 11.6. The maximum atomic E-state index is 13.9. The van der Waals surface area contributed by atoms with E-state index in [4.69, 9.17) is 9.47 Å². The Labute approximate surface area is 185 Å². The molecule has 0 saturated heterocycles. The van der Waals surface area contributed by atoms with Gasteiger partial charge in [-0.05, 0) is 37.1 Å². The van der Waals surface area contributed by atoms with E-state index in [1.807, 2.05) is 31.2 Å². The van der Waals surface area contributed by atoms with E-state index in [2.05, 4.69) is 16.9 Å². The van der Waals surface area contributed by atoms with Crippen LogP contribution in [0.25, 0.3) is 11.4 Å². The minimum absolute atomic E-state index is 0.321. The molecule has 172 valence electrons. The van der Waals surface area contributed by atoms with E-state index in [1.165, 1.54) is 6.42 Å². The summed E-state index contributed by atoms with van der Waals surface area (Å²) in [6, 6.07) is 7.41. The van der Waals surface area contributed by atoms with Crippen molar-refractivity contribution in [3.63, 3.8) is 0 Å². The lowest BCUT2D eigenvalue weighted by Gasteiger charge is -2.10. The van der Waals surface area contributed by atoms with Gasteiger partial charge in [0.1, 0.15) is 18.1 Å². The van der Waals surface area contributed by atoms with Crippen LogP contribution in [0.3, 0.4) is 0 Å². The molecule has 1 aromatic heterocycles. The summed E-state index contributed by atoms with van der Waals surface area (Å²) in [6.45, 7) is 4.81. The maximum absolute atomic E-state index is 13.9. The number of aromatic nitrogens is 2. The Balaban J connectivity index is 1.72. The molecule has 0 fully saturated rings. The Kier molecular flexibility index (Phi) is 11.9. The number of halogens is 2. The predicted octanol–water partition coefficient (Wildman–Crippen LogP) is 7.13. The Morgan fingerprint density at radius 1 is 0.710 bits per heavy atom. The molecule has 0 bridgehead atoms. The summed E-state index contributed by atoms with van der Waals surface area (Å²) < 4.78 is 38.5. The zero-order valence-electron chi connectivity index (χ0n) is 18.9. The highest BCUT2D eigenvalue weighted by Gasteiger charge is 2.08. The van der Waals surface area contributed by atoms with Crippen molar-refractivity contribution >= 4 is 0 Å². The fraction of sp³-hybridized carbons (Fsp3) is 0.600. The van der Waals surface area contributed by atoms with Crippen LogP contribution in [0.4, 0.5) is 8.78 Å². The minimum atomic E-state index is -0.819. The van der Waals surface area contributed by atoms with Crippen LogP contribution in [0, 0.1) is 0 Å². The highest BCUT2D eigenvalue weighted by Crippen LogP contribution is 2.21. The first kappa shape index (κ1) is 25.0. The van der Waals surface area contributed by atoms with E-state index in [0.29, 0.717) is 56.2 Å². The number of alkyl halides is 2. The van der Waals surface area contributed by atoms with Gasteiger partial charge in [0.15, 0.2) is 11.6 Å². The second kappa shape index (κ2) is 14.7. The van der Waals surface area contributed by atoms with Crippen molar-refractivity contribution in [1.29, 1.82) is 0 Å². The fourth-order valence-electron chi connectivity index (χ4n) is 3.24. The van der Waals surface area contributed by atoms with Gasteiger partial charge in [-0.1, -0.05) is 46.0 Å². The smallest absolute Gasteiger partial charge is 0.159 e. The van der Waals surface area contributed by atoms with Crippen LogP contribution in [0.5, 0.6) is 11.5 Å². The number of ether oxygens (including phenoxy) is 2. The van der Waals surface area contributed by atoms with Crippen molar-refractivity contribution in [2.75, 3.05) is 13.2 Å². The van der Waals surface area contributed by atoms with Crippen molar-refractivity contribution < 1.29 is 18.3 Å². The van der Waals surface area contributed by atoms with Gasteiger partial charge in [-0.2, -0.15) is 0 Å². The largest absolute Gasteiger partial charge is 0.493 e. The number of hydrogen-bond donors (Lipinski definition) is 0. The molecule has 0 amide bonds. The van der Waals surface area contributed by atoms with E-state index >= 15 is 0 Å². The molecule has 0 aliphatic carbocycles. The van der Waals surface area contributed by atoms with Crippen LogP contribution < -0.4 is 9.47 Å². The summed E-state index contributed by atoms with van der Waals surface area (Å²) in [5.74, 6) is 1.81. The number of rotatable bonds is 16. The first-order chi connectivity index (χ1) is 15.1. The average Bonchev–Trinajstić information content (AvgIpc) is 2.78. The molecule has 31 heavy (non-hydrogen) atoms. The molecule has 6 heteroatoms. The molecule has 4 nitrogen and oxygen atoms in total. The lowest BCUT2D eigenvalue weighted by molar-refractivity contribution is 0.221. The molecule has 0 N–H and O–H groups in total. The molecule has 2 aromatic rings. The van der Waals surface area contributed by atoms with E-state index in [-0.39, 0.29) is 0 Å². The van der Waals surface area contributed by atoms with E-state index < -0.39 is 12.3 Å². The van der Waals surface area contributed by atoms with E-state index in [9.17, 15) is 8.78 Å². The molecule has 0 radical (unpaired) electrons. The standard InChI is InChI=1S/C25H36F2N2O2/c1-3-5-6-7-9-22(27)15-17-31-24-18-28-25(29-19-24)20-10-12-23(13-11-20)30-16-14-21(26)8-4-2/h10-13,18-19,21-22H,3-9,14-17H2,1-2H3. The molecule has 2 unspecified atom stereocenters. The Bertz CT molecular complexity index is 710. The second-order valence-electron chi connectivity index (χ2n) is 7.87. The van der Waals surface area contributed by atoms with Crippen molar-refractivity contribution in [2.45, 2.75) is 84.0 Å². The SMILES string of the molecule is CCCCCCC(F)CCOc1cnc(-c2ccc(OCCC(F)CCC)cc2)nc1. The van der Waals surface area contributed by atoms with Crippen molar-refractivity contribution in [3.05, 3.63) is 36.7 Å². The van der Waals surface area contributed by atoms with Crippen LogP contribution in [0.15, 0.2) is 36.7 Å². The van der Waals surface area contributed by atoms with E-state index in [0.717, 1.165) is 31.2 Å². The monoisotopic (exact) mass is 434 g/mol. The fourth-order valence-corrected chi connectivity index (χ4v) is 3.24. The van der Waals surface area contributed by atoms with Gasteiger partial charge in [-0.3, -0.25) is 0 Å². The quantitative estimate of drug-likeness (QED) is 0.264. The van der Waals surface area contributed by atoms with E-state index in [1.54, 1.807) is 12.4 Å². The molecule has 1 aromatic carbocycles. The minimum Gasteiger partial charge on any atom is -0.493 e. The number of benzene rings is 1. The number of nitrogens with zero attached hydrogens (tertiary/aromatic N) is 2. The highest BCUT2D eigenvalue weighted by molar-refractivity contribution is 5.56. The van der Waals surface area contributed by atoms with Crippen molar-refractivity contribution in [1.82, 2.24) is 9.97 Å². The lowest BCUT2D eigenvalue weighted by Crippen LogP contribution is -2.08. The summed E-state index contributed by atoms with van der Waals surface area (Å²) in [7, 11) is 0. The van der Waals surface area contributed by atoms with Gasteiger partial charge in [0.2, 0.25) is 0 Å². The zero-order chi connectivity index (χ0) is 22.3. The summed E-state index contributed by atoms with van der Waals surface area (Å²) >= 11 is 0. The molecule has 0 spiro atoms. The normalized spacial score (nSPS) is 13.0. The molecule has 2 rings (SSSR count). The van der Waals surface area contributed by atoms with Crippen molar-refractivity contribution in [2.24, 2.45) is 0 Å². The van der Waals surface area contributed by atoms with Crippen LogP contribution in [0.2, 0.25) is 0 Å². The van der Waals surface area contributed by atoms with Crippen LogP contribution >= 0.6 is 0 Å². The number of hydrogen-bond acceptors (Lipinski definition) is 4. The number of unbranched alkanes of at least 4 members (excludes halogenated alkanes) is 3. The highest BCUT2D eigenvalue weighted by atomic mass is 19.1. The third kappa shape index (κ3) is 10.1. The molecular weight excluding hydrogens is 398 g/mol. The first-order valence-corrected chi connectivity index (χ1v) is 11.6. The predicted molar refractivity (Wildman–Crippen MR) is 121 cm³/mol. The van der Waals surface area contributed by atoms with Gasteiger partial charge in [0.05, 0.1) is 25.6 Å². The van der Waals surface area contributed by atoms with Gasteiger partial charge < -0.3 is 9.47 Å². The Morgan fingerprint density at radius 3 is 1.94 bits per heavy atom. The summed E-state index contributed by atoms with van der Waals surface area (Å²) in [5, 5.41) is 0. The van der Waals surface area contributed by atoms with Crippen LogP contribution in [0.1, 0.15) is 71.6 Å². The molecule has 0 aliphatic rings. The second-order valence-corrected chi connectivity index (χ2v) is 7.87. The molecule has 2 atom stereocenters. The Morgan fingerprint density at radius 2 is 1.32 bits per heavy atom. The summed E-state index contributed by atoms with van der Waals surface area (Å²) in [4.78, 5) is 8.66. The van der Waals surface area contributed by atoms with Crippen molar-refractivity contribution in [3.8, 4) is 22.9 Å². The van der Waals surface area contributed by atoms with Gasteiger partial charge in [0.25, 0.3) is 0 Å². The summed E-state index contributed by atoms with van der Waals surface area (Å²) in [6.07, 6.45) is 8.76. The van der Waals surface area contributed by atoms with Gasteiger partial charge >= 0.3 is 0 Å². The van der Waals surface area contributed by atoms with Crippen LogP contribution in [-0.4, -0.2) is 35.5 Å². The molecular formula is C25H36F2N2O2. The topological polar surface area (TPSA) is 44.2 Å². The molecule has 1 heterocycles.